The fourth-order valence-corrected chi connectivity index (χ4v) is 3.01. The van der Waals surface area contributed by atoms with Gasteiger partial charge in [-0.25, -0.2) is 17.7 Å². The van der Waals surface area contributed by atoms with Gasteiger partial charge in [0.25, 0.3) is 0 Å². The van der Waals surface area contributed by atoms with Crippen molar-refractivity contribution in [1.82, 2.24) is 19.9 Å². The summed E-state index contributed by atoms with van der Waals surface area (Å²) >= 11 is 0. The quantitative estimate of drug-likeness (QED) is 0.765. The van der Waals surface area contributed by atoms with E-state index in [1.54, 1.807) is 18.3 Å². The number of pyridine rings is 1. The molecule has 1 aromatic carbocycles. The molecule has 0 bridgehead atoms. The Morgan fingerprint density at radius 1 is 1.20 bits per heavy atom. The van der Waals surface area contributed by atoms with Crippen LogP contribution in [0.1, 0.15) is 6.42 Å². The van der Waals surface area contributed by atoms with Crippen LogP contribution < -0.4 is 10.6 Å². The van der Waals surface area contributed by atoms with Crippen molar-refractivity contribution in [3.8, 4) is 11.1 Å². The average molecular weight is 347 g/mol. The first-order valence-electron chi connectivity index (χ1n) is 8.04. The van der Waals surface area contributed by atoms with Crippen LogP contribution in [0.5, 0.6) is 0 Å². The molecule has 0 saturated carbocycles. The predicted molar refractivity (Wildman–Crippen MR) is 88.1 cm³/mol. The first-order chi connectivity index (χ1) is 12.1. The van der Waals surface area contributed by atoms with Crippen molar-refractivity contribution in [2.45, 2.75) is 18.6 Å². The Morgan fingerprint density at radius 3 is 2.88 bits per heavy atom. The Hall–Kier alpha value is -2.61. The van der Waals surface area contributed by atoms with Gasteiger partial charge < -0.3 is 10.6 Å². The van der Waals surface area contributed by atoms with Crippen molar-refractivity contribution in [2.24, 2.45) is 0 Å². The molecule has 130 valence electrons. The summed E-state index contributed by atoms with van der Waals surface area (Å²) in [7, 11) is 0. The minimum Gasteiger partial charge on any atom is -0.347 e. The average Bonchev–Trinajstić information content (AvgIpc) is 3.02. The van der Waals surface area contributed by atoms with Crippen molar-refractivity contribution in [1.29, 1.82) is 0 Å². The number of nitrogens with zero attached hydrogens (tertiary/aromatic N) is 3. The highest BCUT2D eigenvalue weighted by Gasteiger charge is 2.25. The summed E-state index contributed by atoms with van der Waals surface area (Å²) in [5.41, 5.74) is 1.60. The molecular formula is C17H16F3N5. The second-order valence-corrected chi connectivity index (χ2v) is 6.01. The molecule has 0 aliphatic carbocycles. The molecule has 4 rings (SSSR count). The van der Waals surface area contributed by atoms with Gasteiger partial charge in [-0.3, -0.25) is 0 Å². The molecule has 0 spiro atoms. The molecule has 0 unspecified atom stereocenters. The SMILES string of the molecule is Fc1ccc(-c2cccn3nc(N[C@H]4CCNC[C@H]4F)nc23)cc1F. The van der Waals surface area contributed by atoms with Crippen LogP contribution in [0.25, 0.3) is 16.8 Å². The first-order valence-corrected chi connectivity index (χ1v) is 8.04. The molecule has 25 heavy (non-hydrogen) atoms. The zero-order valence-electron chi connectivity index (χ0n) is 13.2. The maximum Gasteiger partial charge on any atom is 0.243 e. The number of nitrogens with one attached hydrogen (secondary N) is 2. The van der Waals surface area contributed by atoms with E-state index >= 15 is 0 Å². The van der Waals surface area contributed by atoms with Crippen molar-refractivity contribution in [3.05, 3.63) is 48.2 Å². The van der Waals surface area contributed by atoms with E-state index in [1.807, 2.05) is 0 Å². The molecule has 2 aromatic heterocycles. The highest BCUT2D eigenvalue weighted by molar-refractivity contribution is 5.77. The number of halogens is 3. The van der Waals surface area contributed by atoms with Gasteiger partial charge in [0.2, 0.25) is 5.95 Å². The molecule has 2 atom stereocenters. The monoisotopic (exact) mass is 347 g/mol. The lowest BCUT2D eigenvalue weighted by Crippen LogP contribution is -2.45. The zero-order chi connectivity index (χ0) is 17.4. The van der Waals surface area contributed by atoms with E-state index in [4.69, 9.17) is 0 Å². The molecular weight excluding hydrogens is 331 g/mol. The van der Waals surface area contributed by atoms with E-state index in [2.05, 4.69) is 20.7 Å². The Balaban J connectivity index is 1.69. The summed E-state index contributed by atoms with van der Waals surface area (Å²) in [6.07, 6.45) is 1.31. The van der Waals surface area contributed by atoms with Crippen LogP contribution in [-0.4, -0.2) is 39.9 Å². The number of alkyl halides is 1. The summed E-state index contributed by atoms with van der Waals surface area (Å²) in [6, 6.07) is 6.82. The topological polar surface area (TPSA) is 54.2 Å². The smallest absolute Gasteiger partial charge is 0.243 e. The standard InChI is InChI=1S/C17H16F3N5/c18-12-4-3-10(8-13(12)19)11-2-1-7-25-16(11)23-17(24-25)22-15-5-6-21-9-14(15)20/h1-4,7-8,14-15,21H,5-6,9H2,(H,22,24)/t14-,15+/m1/s1. The molecule has 0 amide bonds. The molecule has 3 heterocycles. The molecule has 1 saturated heterocycles. The third-order valence-corrected chi connectivity index (χ3v) is 4.32. The maximum atomic E-state index is 14.0. The highest BCUT2D eigenvalue weighted by atomic mass is 19.2. The van der Waals surface area contributed by atoms with E-state index < -0.39 is 17.8 Å². The third kappa shape index (κ3) is 3.05. The minimum absolute atomic E-state index is 0.297. The van der Waals surface area contributed by atoms with Crippen LogP contribution in [0.15, 0.2) is 36.5 Å². The normalized spacial score (nSPS) is 20.8. The summed E-state index contributed by atoms with van der Waals surface area (Å²) < 4.78 is 42.2. The first kappa shape index (κ1) is 15.9. The highest BCUT2D eigenvalue weighted by Crippen LogP contribution is 2.26. The number of hydrogen-bond acceptors (Lipinski definition) is 4. The van der Waals surface area contributed by atoms with Crippen LogP contribution in [-0.2, 0) is 0 Å². The van der Waals surface area contributed by atoms with Crippen LogP contribution in [0.3, 0.4) is 0 Å². The molecule has 5 nitrogen and oxygen atoms in total. The number of benzene rings is 1. The Labute approximate surface area is 141 Å². The molecule has 8 heteroatoms. The van der Waals surface area contributed by atoms with Gasteiger partial charge in [-0.15, -0.1) is 5.10 Å². The summed E-state index contributed by atoms with van der Waals surface area (Å²) in [5.74, 6) is -1.52. The van der Waals surface area contributed by atoms with Gasteiger partial charge in [-0.2, -0.15) is 4.98 Å². The molecule has 3 aromatic rings. The Kier molecular flexibility index (Phi) is 4.04. The van der Waals surface area contributed by atoms with Crippen LogP contribution >= 0.6 is 0 Å². The fraction of sp³-hybridized carbons (Fsp3) is 0.294. The number of aromatic nitrogens is 3. The number of anilines is 1. The van der Waals surface area contributed by atoms with Gasteiger partial charge in [0.05, 0.1) is 6.04 Å². The van der Waals surface area contributed by atoms with Crippen LogP contribution in [0.2, 0.25) is 0 Å². The van der Waals surface area contributed by atoms with Gasteiger partial charge >= 0.3 is 0 Å². The fourth-order valence-electron chi connectivity index (χ4n) is 3.01. The van der Waals surface area contributed by atoms with Gasteiger partial charge in [0.15, 0.2) is 17.3 Å². The van der Waals surface area contributed by atoms with Crippen molar-refractivity contribution >= 4 is 11.6 Å². The zero-order valence-corrected chi connectivity index (χ0v) is 13.2. The molecule has 1 aliphatic rings. The summed E-state index contributed by atoms with van der Waals surface area (Å²) in [4.78, 5) is 4.41. The third-order valence-electron chi connectivity index (χ3n) is 4.32. The van der Waals surface area contributed by atoms with E-state index in [0.717, 1.165) is 18.7 Å². The minimum atomic E-state index is -1.02. The summed E-state index contributed by atoms with van der Waals surface area (Å²) in [5, 5.41) is 10.3. The van der Waals surface area contributed by atoms with Crippen molar-refractivity contribution in [3.63, 3.8) is 0 Å². The molecule has 0 radical (unpaired) electrons. The second kappa shape index (κ2) is 6.36. The van der Waals surface area contributed by atoms with E-state index in [-0.39, 0.29) is 6.04 Å². The number of rotatable bonds is 3. The van der Waals surface area contributed by atoms with Gasteiger partial charge in [-0.1, -0.05) is 6.07 Å². The largest absolute Gasteiger partial charge is 0.347 e. The lowest BCUT2D eigenvalue weighted by Gasteiger charge is -2.26. The molecule has 1 fully saturated rings. The van der Waals surface area contributed by atoms with E-state index in [1.165, 1.54) is 10.6 Å². The van der Waals surface area contributed by atoms with Gasteiger partial charge in [-0.05, 0) is 42.8 Å². The lowest BCUT2D eigenvalue weighted by molar-refractivity contribution is 0.244. The number of fused-ring (bicyclic) bond motifs is 1. The van der Waals surface area contributed by atoms with E-state index in [0.29, 0.717) is 35.7 Å². The van der Waals surface area contributed by atoms with Crippen LogP contribution in [0, 0.1) is 11.6 Å². The predicted octanol–water partition coefficient (Wildman–Crippen LogP) is 2.79. The van der Waals surface area contributed by atoms with E-state index in [9.17, 15) is 13.2 Å². The van der Waals surface area contributed by atoms with Crippen LogP contribution in [0.4, 0.5) is 19.1 Å². The molecule has 2 N–H and O–H groups in total. The maximum absolute atomic E-state index is 14.0. The molecule has 1 aliphatic heterocycles. The summed E-state index contributed by atoms with van der Waals surface area (Å²) in [6.45, 7) is 1.02. The number of hydrogen-bond donors (Lipinski definition) is 2. The second-order valence-electron chi connectivity index (χ2n) is 6.01. The van der Waals surface area contributed by atoms with Crippen molar-refractivity contribution in [2.75, 3.05) is 18.4 Å². The van der Waals surface area contributed by atoms with Crippen molar-refractivity contribution < 1.29 is 13.2 Å². The lowest BCUT2D eigenvalue weighted by atomic mass is 10.1. The Bertz CT molecular complexity index is 910. The number of piperidine rings is 1. The van der Waals surface area contributed by atoms with Gasteiger partial charge in [0.1, 0.15) is 6.17 Å². The Morgan fingerprint density at radius 2 is 2.08 bits per heavy atom. The van der Waals surface area contributed by atoms with Gasteiger partial charge in [0, 0.05) is 18.3 Å².